The summed E-state index contributed by atoms with van der Waals surface area (Å²) >= 11 is 0. The number of nitro groups is 1. The topological polar surface area (TPSA) is 113 Å². The van der Waals surface area contributed by atoms with E-state index < -0.39 is 10.9 Å². The number of nitrogens with zero attached hydrogens (tertiary/aromatic N) is 2. The van der Waals surface area contributed by atoms with Crippen molar-refractivity contribution in [3.63, 3.8) is 0 Å². The maximum absolute atomic E-state index is 10.8. The fourth-order valence-electron chi connectivity index (χ4n) is 1.41. The molecule has 0 radical (unpaired) electrons. The Hall–Kier alpha value is -2.62. The fourth-order valence-corrected chi connectivity index (χ4v) is 1.41. The second-order valence-electron chi connectivity index (χ2n) is 3.75. The van der Waals surface area contributed by atoms with Crippen LogP contribution in [0.2, 0.25) is 0 Å². The van der Waals surface area contributed by atoms with Crippen LogP contribution in [0.4, 0.5) is 5.69 Å². The van der Waals surface area contributed by atoms with Crippen molar-refractivity contribution in [2.45, 2.75) is 19.3 Å². The maximum Gasteiger partial charge on any atom is 0.312 e. The Morgan fingerprint density at radius 3 is 2.79 bits per heavy atom. The first kappa shape index (κ1) is 14.4. The molecule has 0 aliphatic rings. The zero-order chi connectivity index (χ0) is 14.3. The molecule has 0 saturated heterocycles. The third-order valence-electron chi connectivity index (χ3n) is 2.33. The van der Waals surface area contributed by atoms with Gasteiger partial charge < -0.3 is 9.84 Å². The molecule has 1 N–H and O–H groups in total. The predicted molar refractivity (Wildman–Crippen MR) is 64.8 cm³/mol. The average molecular weight is 264 g/mol. The van der Waals surface area contributed by atoms with E-state index in [1.54, 1.807) is 0 Å². The Morgan fingerprint density at radius 2 is 2.21 bits per heavy atom. The molecule has 1 rings (SSSR count). The number of nitriles is 1. The highest BCUT2D eigenvalue weighted by molar-refractivity contribution is 5.66. The molecule has 0 amide bonds. The summed E-state index contributed by atoms with van der Waals surface area (Å²) in [7, 11) is 0. The molecule has 0 aliphatic carbocycles. The van der Waals surface area contributed by atoms with E-state index in [4.69, 9.17) is 15.1 Å². The molecule has 100 valence electrons. The van der Waals surface area contributed by atoms with E-state index in [1.165, 1.54) is 12.1 Å². The van der Waals surface area contributed by atoms with Crippen molar-refractivity contribution < 1.29 is 19.6 Å². The van der Waals surface area contributed by atoms with Gasteiger partial charge in [0.1, 0.15) is 0 Å². The number of aliphatic carboxylic acids is 1. The van der Waals surface area contributed by atoms with Gasteiger partial charge in [0.05, 0.1) is 23.2 Å². The Balaban J connectivity index is 2.60. The Bertz CT molecular complexity index is 521. The first-order valence-corrected chi connectivity index (χ1v) is 5.57. The van der Waals surface area contributed by atoms with Crippen LogP contribution in [0.15, 0.2) is 18.2 Å². The normalized spacial score (nSPS) is 9.63. The van der Waals surface area contributed by atoms with Crippen molar-refractivity contribution in [2.24, 2.45) is 0 Å². The summed E-state index contributed by atoms with van der Waals surface area (Å²) in [4.78, 5) is 20.5. The Kier molecular flexibility index (Phi) is 5.29. The van der Waals surface area contributed by atoms with E-state index in [2.05, 4.69) is 0 Å². The highest BCUT2D eigenvalue weighted by atomic mass is 16.6. The molecule has 0 atom stereocenters. The number of carboxylic acid groups (broad SMARTS) is 1. The number of unbranched alkanes of at least 4 members (excludes halogenated alkanes) is 1. The highest BCUT2D eigenvalue weighted by Crippen LogP contribution is 2.27. The number of rotatable bonds is 7. The van der Waals surface area contributed by atoms with Crippen LogP contribution in [0, 0.1) is 21.4 Å². The van der Waals surface area contributed by atoms with Crippen molar-refractivity contribution in [3.05, 3.63) is 33.9 Å². The lowest BCUT2D eigenvalue weighted by Crippen LogP contribution is -2.02. The predicted octanol–water partition coefficient (Wildman–Crippen LogP) is 2.10. The van der Waals surface area contributed by atoms with Crippen molar-refractivity contribution in [3.8, 4) is 11.8 Å². The lowest BCUT2D eigenvalue weighted by atomic mass is 10.2. The summed E-state index contributed by atoms with van der Waals surface area (Å²) in [5.41, 5.74) is -0.0813. The van der Waals surface area contributed by atoms with Crippen LogP contribution in [0.3, 0.4) is 0 Å². The summed E-state index contributed by atoms with van der Waals surface area (Å²) in [6.45, 7) is 0.194. The minimum atomic E-state index is -0.885. The molecule has 0 saturated carbocycles. The second-order valence-corrected chi connectivity index (χ2v) is 3.75. The van der Waals surface area contributed by atoms with E-state index in [0.717, 1.165) is 6.07 Å². The van der Waals surface area contributed by atoms with Gasteiger partial charge in [-0.25, -0.2) is 0 Å². The van der Waals surface area contributed by atoms with Crippen LogP contribution in [0.5, 0.6) is 5.75 Å². The van der Waals surface area contributed by atoms with Crippen molar-refractivity contribution in [1.29, 1.82) is 5.26 Å². The SMILES string of the molecule is N#Cc1ccc(OCCCCC(=O)O)c([N+](=O)[O-])c1. The molecule has 0 unspecified atom stereocenters. The summed E-state index contributed by atoms with van der Waals surface area (Å²) in [5, 5.41) is 27.9. The Labute approximate surface area is 109 Å². The van der Waals surface area contributed by atoms with Gasteiger partial charge in [-0.2, -0.15) is 5.26 Å². The van der Waals surface area contributed by atoms with E-state index >= 15 is 0 Å². The second kappa shape index (κ2) is 6.96. The van der Waals surface area contributed by atoms with Crippen LogP contribution < -0.4 is 4.74 Å². The Morgan fingerprint density at radius 1 is 1.47 bits per heavy atom. The number of carbonyl (C=O) groups is 1. The number of carboxylic acids is 1. The quantitative estimate of drug-likeness (QED) is 0.458. The highest BCUT2D eigenvalue weighted by Gasteiger charge is 2.15. The zero-order valence-electron chi connectivity index (χ0n) is 10.0. The fraction of sp³-hybridized carbons (Fsp3) is 0.333. The summed E-state index contributed by atoms with van der Waals surface area (Å²) in [6, 6.07) is 5.76. The van der Waals surface area contributed by atoms with Crippen LogP contribution in [-0.2, 0) is 4.79 Å². The molecular formula is C12H12N2O5. The molecule has 0 heterocycles. The summed E-state index contributed by atoms with van der Waals surface area (Å²) < 4.78 is 5.24. The van der Waals surface area contributed by atoms with Crippen LogP contribution in [-0.4, -0.2) is 22.6 Å². The number of nitro benzene ring substituents is 1. The molecule has 0 aromatic heterocycles. The molecule has 0 aliphatic heterocycles. The lowest BCUT2D eigenvalue weighted by Gasteiger charge is -2.06. The first-order chi connectivity index (χ1) is 9.04. The summed E-state index contributed by atoms with van der Waals surface area (Å²) in [6.07, 6.45) is 0.974. The first-order valence-electron chi connectivity index (χ1n) is 5.57. The van der Waals surface area contributed by atoms with Crippen molar-refractivity contribution in [2.75, 3.05) is 6.61 Å². The number of ether oxygens (including phenoxy) is 1. The molecule has 1 aromatic rings. The zero-order valence-corrected chi connectivity index (χ0v) is 10.0. The van der Waals surface area contributed by atoms with Gasteiger partial charge in [0, 0.05) is 12.5 Å². The van der Waals surface area contributed by atoms with Gasteiger partial charge in [0.15, 0.2) is 5.75 Å². The third kappa shape index (κ3) is 4.63. The monoisotopic (exact) mass is 264 g/mol. The maximum atomic E-state index is 10.8. The van der Waals surface area contributed by atoms with Crippen LogP contribution >= 0.6 is 0 Å². The van der Waals surface area contributed by atoms with Crippen molar-refractivity contribution in [1.82, 2.24) is 0 Å². The van der Waals surface area contributed by atoms with Gasteiger partial charge in [-0.3, -0.25) is 14.9 Å². The number of benzene rings is 1. The van der Waals surface area contributed by atoms with E-state index in [1.807, 2.05) is 6.07 Å². The molecule has 0 fully saturated rings. The van der Waals surface area contributed by atoms with Gasteiger partial charge in [0.25, 0.3) is 0 Å². The van der Waals surface area contributed by atoms with Crippen molar-refractivity contribution >= 4 is 11.7 Å². The molecule has 19 heavy (non-hydrogen) atoms. The van der Waals surface area contributed by atoms with Gasteiger partial charge in [-0.15, -0.1) is 0 Å². The van der Waals surface area contributed by atoms with E-state index in [9.17, 15) is 14.9 Å². The van der Waals surface area contributed by atoms with Gasteiger partial charge in [0.2, 0.25) is 0 Å². The lowest BCUT2D eigenvalue weighted by molar-refractivity contribution is -0.385. The average Bonchev–Trinajstić information content (AvgIpc) is 2.38. The van der Waals surface area contributed by atoms with Crippen LogP contribution in [0.1, 0.15) is 24.8 Å². The molecule has 1 aromatic carbocycles. The van der Waals surface area contributed by atoms with E-state index in [-0.39, 0.29) is 30.0 Å². The number of hydrogen-bond donors (Lipinski definition) is 1. The summed E-state index contributed by atoms with van der Waals surface area (Å²) in [5.74, 6) is -0.802. The molecular weight excluding hydrogens is 252 g/mol. The largest absolute Gasteiger partial charge is 0.487 e. The van der Waals surface area contributed by atoms with Gasteiger partial charge in [-0.1, -0.05) is 0 Å². The number of hydrogen-bond acceptors (Lipinski definition) is 5. The standard InChI is InChI=1S/C12H12N2O5/c13-8-9-4-5-11(10(7-9)14(17)18)19-6-2-1-3-12(15)16/h4-5,7H,1-3,6H2,(H,15,16). The minimum Gasteiger partial charge on any atom is -0.487 e. The molecule has 7 heteroatoms. The molecule has 0 bridgehead atoms. The van der Waals surface area contributed by atoms with E-state index in [0.29, 0.717) is 12.8 Å². The molecule has 7 nitrogen and oxygen atoms in total. The van der Waals surface area contributed by atoms with Gasteiger partial charge in [-0.05, 0) is 25.0 Å². The smallest absolute Gasteiger partial charge is 0.312 e. The van der Waals surface area contributed by atoms with Crippen LogP contribution in [0.25, 0.3) is 0 Å². The minimum absolute atomic E-state index is 0.0405. The third-order valence-corrected chi connectivity index (χ3v) is 2.33. The molecule has 0 spiro atoms. The van der Waals surface area contributed by atoms with Gasteiger partial charge >= 0.3 is 11.7 Å².